The highest BCUT2D eigenvalue weighted by Crippen LogP contribution is 2.09. The Bertz CT molecular complexity index is 107. The first-order valence-corrected chi connectivity index (χ1v) is 7.34. The van der Waals surface area contributed by atoms with Gasteiger partial charge in [-0.15, -0.1) is 0 Å². The molecule has 0 amide bonds. The lowest BCUT2D eigenvalue weighted by atomic mass is 10.1. The van der Waals surface area contributed by atoms with Gasteiger partial charge in [-0.3, -0.25) is 0 Å². The third-order valence-corrected chi connectivity index (χ3v) is 3.00. The van der Waals surface area contributed by atoms with Gasteiger partial charge in [-0.05, 0) is 18.6 Å². The van der Waals surface area contributed by atoms with Gasteiger partial charge in [0, 0.05) is 6.61 Å². The van der Waals surface area contributed by atoms with Crippen LogP contribution in [-0.2, 0) is 4.74 Å². The van der Waals surface area contributed by atoms with Gasteiger partial charge in [-0.1, -0.05) is 44.9 Å². The second kappa shape index (κ2) is 15.3. The molecule has 0 aromatic carbocycles. The zero-order valence-corrected chi connectivity index (χ0v) is 11.4. The summed E-state index contributed by atoms with van der Waals surface area (Å²) in [5.74, 6) is 1.04. The molecule has 0 saturated heterocycles. The molecule has 0 atom stereocenters. The molecule has 0 unspecified atom stereocenters. The highest BCUT2D eigenvalue weighted by molar-refractivity contribution is 7.80. The molecule has 0 aromatic heterocycles. The van der Waals surface area contributed by atoms with Crippen LogP contribution in [0.5, 0.6) is 0 Å². The van der Waals surface area contributed by atoms with E-state index in [2.05, 4.69) is 12.6 Å². The van der Waals surface area contributed by atoms with E-state index in [-0.39, 0.29) is 6.61 Å². The van der Waals surface area contributed by atoms with Gasteiger partial charge in [0.1, 0.15) is 0 Å². The van der Waals surface area contributed by atoms with E-state index >= 15 is 0 Å². The second-order valence-corrected chi connectivity index (χ2v) is 4.69. The molecular weight excluding hydrogens is 220 g/mol. The fourth-order valence-electron chi connectivity index (χ4n) is 1.72. The monoisotopic (exact) mass is 248 g/mol. The number of aliphatic hydroxyl groups is 1. The maximum Gasteiger partial charge on any atom is 0.0697 e. The van der Waals surface area contributed by atoms with Crippen molar-refractivity contribution in [3.05, 3.63) is 0 Å². The van der Waals surface area contributed by atoms with Crippen LogP contribution in [0.3, 0.4) is 0 Å². The van der Waals surface area contributed by atoms with Gasteiger partial charge in [-0.2, -0.15) is 12.6 Å². The zero-order valence-electron chi connectivity index (χ0n) is 10.5. The van der Waals surface area contributed by atoms with Gasteiger partial charge in [0.2, 0.25) is 0 Å². The van der Waals surface area contributed by atoms with Crippen molar-refractivity contribution in [2.75, 3.05) is 25.6 Å². The number of aliphatic hydroxyl groups excluding tert-OH is 1. The Morgan fingerprint density at radius 1 is 0.688 bits per heavy atom. The van der Waals surface area contributed by atoms with Crippen molar-refractivity contribution in [1.82, 2.24) is 0 Å². The van der Waals surface area contributed by atoms with Crippen LogP contribution in [0.1, 0.15) is 57.8 Å². The molecule has 0 radical (unpaired) electrons. The standard InChI is InChI=1S/C13H28O2S/c14-10-12-15-11-8-6-4-2-1-3-5-7-9-13-16/h14,16H,1-13H2. The zero-order chi connectivity index (χ0) is 11.9. The highest BCUT2D eigenvalue weighted by atomic mass is 32.1. The Morgan fingerprint density at radius 2 is 1.19 bits per heavy atom. The molecule has 0 fully saturated rings. The summed E-state index contributed by atoms with van der Waals surface area (Å²) in [6.45, 7) is 1.44. The van der Waals surface area contributed by atoms with Crippen molar-refractivity contribution in [3.8, 4) is 0 Å². The number of hydrogen-bond acceptors (Lipinski definition) is 3. The van der Waals surface area contributed by atoms with Gasteiger partial charge < -0.3 is 9.84 Å². The molecule has 98 valence electrons. The average molecular weight is 248 g/mol. The van der Waals surface area contributed by atoms with Crippen molar-refractivity contribution < 1.29 is 9.84 Å². The number of hydrogen-bond donors (Lipinski definition) is 2. The fraction of sp³-hybridized carbons (Fsp3) is 1.00. The summed E-state index contributed by atoms with van der Waals surface area (Å²) in [5, 5.41) is 8.50. The number of unbranched alkanes of at least 4 members (excludes halogenated alkanes) is 8. The Kier molecular flexibility index (Phi) is 15.5. The molecule has 16 heavy (non-hydrogen) atoms. The third kappa shape index (κ3) is 14.3. The number of ether oxygens (including phenoxy) is 1. The molecule has 3 heteroatoms. The minimum Gasteiger partial charge on any atom is -0.394 e. The van der Waals surface area contributed by atoms with Crippen LogP contribution in [0.25, 0.3) is 0 Å². The number of thiol groups is 1. The fourth-order valence-corrected chi connectivity index (χ4v) is 1.94. The lowest BCUT2D eigenvalue weighted by Crippen LogP contribution is -2.00. The minimum absolute atomic E-state index is 0.145. The Morgan fingerprint density at radius 3 is 1.69 bits per heavy atom. The van der Waals surface area contributed by atoms with E-state index in [4.69, 9.17) is 9.84 Å². The van der Waals surface area contributed by atoms with E-state index in [1.54, 1.807) is 0 Å². The molecule has 0 saturated carbocycles. The van der Waals surface area contributed by atoms with Crippen molar-refractivity contribution in [2.24, 2.45) is 0 Å². The van der Waals surface area contributed by atoms with Gasteiger partial charge in [0.25, 0.3) is 0 Å². The van der Waals surface area contributed by atoms with Crippen LogP contribution < -0.4 is 0 Å². The summed E-state index contributed by atoms with van der Waals surface area (Å²) < 4.78 is 5.20. The van der Waals surface area contributed by atoms with Crippen LogP contribution in [-0.4, -0.2) is 30.7 Å². The van der Waals surface area contributed by atoms with E-state index in [9.17, 15) is 0 Å². The van der Waals surface area contributed by atoms with Gasteiger partial charge >= 0.3 is 0 Å². The van der Waals surface area contributed by atoms with Crippen LogP contribution in [0.15, 0.2) is 0 Å². The first-order valence-electron chi connectivity index (χ1n) is 6.71. The van der Waals surface area contributed by atoms with Crippen molar-refractivity contribution >= 4 is 12.6 Å². The van der Waals surface area contributed by atoms with Gasteiger partial charge in [0.05, 0.1) is 13.2 Å². The molecule has 0 spiro atoms. The van der Waals surface area contributed by atoms with Crippen LogP contribution in [0.4, 0.5) is 0 Å². The lowest BCUT2D eigenvalue weighted by molar-refractivity contribution is 0.0895. The summed E-state index contributed by atoms with van der Waals surface area (Å²) in [6.07, 6.45) is 11.8. The molecule has 2 nitrogen and oxygen atoms in total. The Balaban J connectivity index is 2.83. The maximum atomic E-state index is 8.50. The molecule has 0 rings (SSSR count). The summed E-state index contributed by atoms with van der Waals surface area (Å²) in [7, 11) is 0. The minimum atomic E-state index is 0.145. The highest BCUT2D eigenvalue weighted by Gasteiger charge is 1.92. The first kappa shape index (κ1) is 16.3. The van der Waals surface area contributed by atoms with E-state index in [1.807, 2.05) is 0 Å². The summed E-state index contributed by atoms with van der Waals surface area (Å²) >= 11 is 4.20. The predicted octanol–water partition coefficient (Wildman–Crippen LogP) is 3.44. The smallest absolute Gasteiger partial charge is 0.0697 e. The van der Waals surface area contributed by atoms with Crippen LogP contribution in [0, 0.1) is 0 Å². The maximum absolute atomic E-state index is 8.50. The third-order valence-electron chi connectivity index (χ3n) is 2.68. The Labute approximate surface area is 106 Å². The second-order valence-electron chi connectivity index (χ2n) is 4.24. The van der Waals surface area contributed by atoms with Crippen molar-refractivity contribution in [2.45, 2.75) is 57.8 Å². The first-order chi connectivity index (χ1) is 7.91. The lowest BCUT2D eigenvalue weighted by Gasteiger charge is -2.03. The molecule has 0 heterocycles. The number of rotatable bonds is 13. The molecular formula is C13H28O2S. The summed E-state index contributed by atoms with van der Waals surface area (Å²) in [5.41, 5.74) is 0. The summed E-state index contributed by atoms with van der Waals surface area (Å²) in [4.78, 5) is 0. The molecule has 0 aromatic rings. The average Bonchev–Trinajstić information content (AvgIpc) is 2.31. The van der Waals surface area contributed by atoms with E-state index < -0.39 is 0 Å². The summed E-state index contributed by atoms with van der Waals surface area (Å²) in [6, 6.07) is 0. The SMILES string of the molecule is OCCOCCCCCCCCCCCS. The topological polar surface area (TPSA) is 29.5 Å². The van der Waals surface area contributed by atoms with Gasteiger partial charge in [0.15, 0.2) is 0 Å². The van der Waals surface area contributed by atoms with E-state index in [0.717, 1.165) is 18.8 Å². The molecule has 0 bridgehead atoms. The Hall–Kier alpha value is 0.270. The molecule has 0 aliphatic rings. The van der Waals surface area contributed by atoms with Gasteiger partial charge in [-0.25, -0.2) is 0 Å². The quantitative estimate of drug-likeness (QED) is 0.386. The van der Waals surface area contributed by atoms with Crippen LogP contribution in [0.2, 0.25) is 0 Å². The normalized spacial score (nSPS) is 10.9. The molecule has 0 aliphatic carbocycles. The molecule has 0 aliphatic heterocycles. The van der Waals surface area contributed by atoms with Crippen molar-refractivity contribution in [1.29, 1.82) is 0 Å². The largest absolute Gasteiger partial charge is 0.394 e. The molecule has 1 N–H and O–H groups in total. The predicted molar refractivity (Wildman–Crippen MR) is 73.3 cm³/mol. The van der Waals surface area contributed by atoms with Crippen LogP contribution >= 0.6 is 12.6 Å². The van der Waals surface area contributed by atoms with E-state index in [1.165, 1.54) is 51.4 Å². The van der Waals surface area contributed by atoms with E-state index in [0.29, 0.717) is 6.61 Å². The van der Waals surface area contributed by atoms with Crippen molar-refractivity contribution in [3.63, 3.8) is 0 Å².